The lowest BCUT2D eigenvalue weighted by atomic mass is 10.2. The van der Waals surface area contributed by atoms with Gasteiger partial charge in [0.1, 0.15) is 6.54 Å². The van der Waals surface area contributed by atoms with Crippen LogP contribution in [0.25, 0.3) is 21.9 Å². The minimum absolute atomic E-state index is 0.181. The number of carbonyl (C=O) groups excluding carboxylic acids is 1. The number of para-hydroxylation sites is 3. The molecule has 1 N–H and O–H groups in total. The van der Waals surface area contributed by atoms with Crippen molar-refractivity contribution in [3.05, 3.63) is 58.9 Å². The molecule has 166 valence electrons. The molecular formula is C22H22N4O5S. The summed E-state index contributed by atoms with van der Waals surface area (Å²) >= 11 is 1.42. The summed E-state index contributed by atoms with van der Waals surface area (Å²) in [5.41, 5.74) is 1.74. The number of hydrogen-bond donors (Lipinski definition) is 1. The summed E-state index contributed by atoms with van der Waals surface area (Å²) in [4.78, 5) is 41.2. The maximum Gasteiger partial charge on any atom is 0.433 e. The number of thioether (sulfide) groups is 1. The van der Waals surface area contributed by atoms with Crippen molar-refractivity contribution in [2.75, 3.05) is 12.4 Å². The third kappa shape index (κ3) is 4.13. The van der Waals surface area contributed by atoms with Crippen molar-refractivity contribution in [3.63, 3.8) is 0 Å². The fourth-order valence-corrected chi connectivity index (χ4v) is 4.55. The van der Waals surface area contributed by atoms with Crippen molar-refractivity contribution < 1.29 is 19.4 Å². The SMILES string of the molecule is CCOC(=O)n1c2ccccc2c(=O)n1CCCSc1nc2ccccc2n1CC(=O)O. The first kappa shape index (κ1) is 21.7. The maximum absolute atomic E-state index is 12.9. The van der Waals surface area contributed by atoms with Gasteiger partial charge < -0.3 is 14.4 Å². The van der Waals surface area contributed by atoms with Crippen molar-refractivity contribution >= 4 is 45.8 Å². The van der Waals surface area contributed by atoms with E-state index in [1.54, 1.807) is 35.8 Å². The van der Waals surface area contributed by atoms with Crippen LogP contribution in [0.3, 0.4) is 0 Å². The van der Waals surface area contributed by atoms with Crippen LogP contribution < -0.4 is 5.56 Å². The second-order valence-electron chi connectivity index (χ2n) is 7.02. The maximum atomic E-state index is 12.9. The molecule has 0 saturated heterocycles. The number of nitrogens with zero attached hydrogens (tertiary/aromatic N) is 4. The topological polar surface area (TPSA) is 108 Å². The Labute approximate surface area is 187 Å². The van der Waals surface area contributed by atoms with Crippen molar-refractivity contribution in [1.29, 1.82) is 0 Å². The first-order chi connectivity index (χ1) is 15.5. The van der Waals surface area contributed by atoms with E-state index in [4.69, 9.17) is 4.74 Å². The average Bonchev–Trinajstić information content (AvgIpc) is 3.26. The quantitative estimate of drug-likeness (QED) is 0.321. The van der Waals surface area contributed by atoms with Gasteiger partial charge in [0.2, 0.25) is 0 Å². The molecule has 2 heterocycles. The monoisotopic (exact) mass is 454 g/mol. The van der Waals surface area contributed by atoms with Crippen molar-refractivity contribution in [3.8, 4) is 0 Å². The molecule has 0 saturated carbocycles. The summed E-state index contributed by atoms with van der Waals surface area (Å²) in [6.45, 7) is 2.04. The Morgan fingerprint density at radius 1 is 1.09 bits per heavy atom. The number of hydrogen-bond acceptors (Lipinski definition) is 6. The molecule has 0 aliphatic carbocycles. The highest BCUT2D eigenvalue weighted by Gasteiger charge is 2.19. The van der Waals surface area contributed by atoms with E-state index in [0.717, 1.165) is 11.0 Å². The fraction of sp³-hybridized carbons (Fsp3) is 0.273. The predicted molar refractivity (Wildman–Crippen MR) is 121 cm³/mol. The molecule has 2 aromatic heterocycles. The molecule has 0 amide bonds. The van der Waals surface area contributed by atoms with Crippen LogP contribution >= 0.6 is 11.8 Å². The standard InChI is InChI=1S/C22H22N4O5S/c1-2-31-22(30)26-17-10-5-3-8-15(17)20(29)25(26)12-7-13-32-21-23-16-9-4-6-11-18(16)24(21)14-19(27)28/h3-6,8-11H,2,7,12-14H2,1H3,(H,27,28). The molecule has 2 aromatic carbocycles. The van der Waals surface area contributed by atoms with Crippen LogP contribution in [-0.2, 0) is 22.6 Å². The van der Waals surface area contributed by atoms with Crippen LogP contribution in [0.15, 0.2) is 58.5 Å². The van der Waals surface area contributed by atoms with Crippen LogP contribution in [0.1, 0.15) is 13.3 Å². The summed E-state index contributed by atoms with van der Waals surface area (Å²) < 4.78 is 9.49. The van der Waals surface area contributed by atoms with Crippen LogP contribution in [0.4, 0.5) is 4.79 Å². The van der Waals surface area contributed by atoms with E-state index >= 15 is 0 Å². The molecule has 0 bridgehead atoms. The number of carboxylic acid groups (broad SMARTS) is 1. The number of carbonyl (C=O) groups is 2. The highest BCUT2D eigenvalue weighted by atomic mass is 32.2. The molecule has 0 radical (unpaired) electrons. The number of ether oxygens (including phenoxy) is 1. The van der Waals surface area contributed by atoms with Gasteiger partial charge in [0.25, 0.3) is 5.56 Å². The Bertz CT molecular complexity index is 1350. The lowest BCUT2D eigenvalue weighted by Gasteiger charge is -2.11. The van der Waals surface area contributed by atoms with E-state index in [2.05, 4.69) is 4.98 Å². The van der Waals surface area contributed by atoms with E-state index < -0.39 is 12.1 Å². The zero-order chi connectivity index (χ0) is 22.7. The average molecular weight is 455 g/mol. The highest BCUT2D eigenvalue weighted by Crippen LogP contribution is 2.24. The summed E-state index contributed by atoms with van der Waals surface area (Å²) in [7, 11) is 0. The lowest BCUT2D eigenvalue weighted by Crippen LogP contribution is -2.28. The predicted octanol–water partition coefficient (Wildman–Crippen LogP) is 3.42. The van der Waals surface area contributed by atoms with Gasteiger partial charge in [0.05, 0.1) is 28.5 Å². The zero-order valence-electron chi connectivity index (χ0n) is 17.4. The molecule has 0 spiro atoms. The largest absolute Gasteiger partial charge is 0.480 e. The van der Waals surface area contributed by atoms with Gasteiger partial charge in [-0.25, -0.2) is 14.5 Å². The number of fused-ring (bicyclic) bond motifs is 2. The van der Waals surface area contributed by atoms with Gasteiger partial charge in [0.15, 0.2) is 5.16 Å². The minimum Gasteiger partial charge on any atom is -0.480 e. The molecule has 10 heteroatoms. The van der Waals surface area contributed by atoms with Gasteiger partial charge in [-0.05, 0) is 37.6 Å². The normalized spacial score (nSPS) is 11.3. The Kier molecular flexibility index (Phi) is 6.31. The first-order valence-corrected chi connectivity index (χ1v) is 11.2. The van der Waals surface area contributed by atoms with Crippen LogP contribution in [0.5, 0.6) is 0 Å². The second kappa shape index (κ2) is 9.31. The van der Waals surface area contributed by atoms with Gasteiger partial charge in [-0.3, -0.25) is 9.59 Å². The van der Waals surface area contributed by atoms with Crippen LogP contribution in [0.2, 0.25) is 0 Å². The Morgan fingerprint density at radius 2 is 1.81 bits per heavy atom. The van der Waals surface area contributed by atoms with Gasteiger partial charge in [-0.1, -0.05) is 36.0 Å². The molecule has 0 aliphatic rings. The number of carboxylic acids is 1. The molecule has 0 aliphatic heterocycles. The summed E-state index contributed by atoms with van der Waals surface area (Å²) in [5.74, 6) is -0.361. The molecule has 0 fully saturated rings. The zero-order valence-corrected chi connectivity index (χ0v) is 18.2. The second-order valence-corrected chi connectivity index (χ2v) is 8.08. The van der Waals surface area contributed by atoms with Gasteiger partial charge in [-0.2, -0.15) is 4.68 Å². The van der Waals surface area contributed by atoms with E-state index in [9.17, 15) is 19.5 Å². The Balaban J connectivity index is 1.54. The highest BCUT2D eigenvalue weighted by molar-refractivity contribution is 7.99. The molecule has 32 heavy (non-hydrogen) atoms. The van der Waals surface area contributed by atoms with Crippen LogP contribution in [0, 0.1) is 0 Å². The molecule has 4 aromatic rings. The molecule has 9 nitrogen and oxygen atoms in total. The smallest absolute Gasteiger partial charge is 0.433 e. The number of rotatable bonds is 8. The van der Waals surface area contributed by atoms with E-state index in [1.165, 1.54) is 21.1 Å². The third-order valence-corrected chi connectivity index (χ3v) is 6.00. The summed E-state index contributed by atoms with van der Waals surface area (Å²) in [5, 5.41) is 10.3. The number of benzene rings is 2. The molecule has 4 rings (SSSR count). The molecular weight excluding hydrogens is 432 g/mol. The summed E-state index contributed by atoms with van der Waals surface area (Å²) in [6.07, 6.45) is -0.0296. The fourth-order valence-electron chi connectivity index (χ4n) is 3.61. The summed E-state index contributed by atoms with van der Waals surface area (Å²) in [6, 6.07) is 14.3. The molecule has 0 atom stereocenters. The van der Waals surface area contributed by atoms with Gasteiger partial charge in [-0.15, -0.1) is 0 Å². The van der Waals surface area contributed by atoms with Crippen molar-refractivity contribution in [1.82, 2.24) is 18.9 Å². The first-order valence-electron chi connectivity index (χ1n) is 10.2. The van der Waals surface area contributed by atoms with Crippen molar-refractivity contribution in [2.45, 2.75) is 31.6 Å². The molecule has 0 unspecified atom stereocenters. The minimum atomic E-state index is -0.944. The van der Waals surface area contributed by atoms with Crippen molar-refractivity contribution in [2.24, 2.45) is 0 Å². The van der Waals surface area contributed by atoms with E-state index in [1.807, 2.05) is 24.3 Å². The van der Waals surface area contributed by atoms with Crippen LogP contribution in [-0.4, -0.2) is 48.4 Å². The number of aromatic nitrogens is 4. The Hall–Kier alpha value is -3.53. The third-order valence-electron chi connectivity index (χ3n) is 4.94. The lowest BCUT2D eigenvalue weighted by molar-refractivity contribution is -0.137. The number of imidazole rings is 1. The van der Waals surface area contributed by atoms with E-state index in [-0.39, 0.29) is 18.7 Å². The number of aliphatic carboxylic acids is 1. The Morgan fingerprint density at radius 3 is 2.56 bits per heavy atom. The van der Waals surface area contributed by atoms with Gasteiger partial charge >= 0.3 is 12.1 Å². The van der Waals surface area contributed by atoms with Gasteiger partial charge in [0, 0.05) is 12.3 Å². The van der Waals surface area contributed by atoms with E-state index in [0.29, 0.717) is 34.8 Å².